The van der Waals surface area contributed by atoms with Crippen molar-refractivity contribution in [1.29, 1.82) is 0 Å². The minimum absolute atomic E-state index is 0.100. The average Bonchev–Trinajstić information content (AvgIpc) is 3.28. The van der Waals surface area contributed by atoms with Gasteiger partial charge in [0.15, 0.2) is 5.13 Å². The van der Waals surface area contributed by atoms with Gasteiger partial charge in [0.1, 0.15) is 4.90 Å². The third-order valence-corrected chi connectivity index (χ3v) is 8.17. The van der Waals surface area contributed by atoms with Gasteiger partial charge >= 0.3 is 0 Å². The van der Waals surface area contributed by atoms with Gasteiger partial charge in [-0.25, -0.2) is 13.4 Å². The van der Waals surface area contributed by atoms with Crippen molar-refractivity contribution in [3.63, 3.8) is 0 Å². The second-order valence-electron chi connectivity index (χ2n) is 7.47. The lowest BCUT2D eigenvalue weighted by Gasteiger charge is -2.29. The summed E-state index contributed by atoms with van der Waals surface area (Å²) in [5, 5.41) is 7.45. The third kappa shape index (κ3) is 3.92. The van der Waals surface area contributed by atoms with Gasteiger partial charge < -0.3 is 5.32 Å². The molecule has 3 aromatic rings. The molecule has 0 radical (unpaired) electrons. The zero-order chi connectivity index (χ0) is 20.8. The minimum atomic E-state index is -3.57. The summed E-state index contributed by atoms with van der Waals surface area (Å²) in [6.07, 6.45) is 3.80. The van der Waals surface area contributed by atoms with Crippen molar-refractivity contribution in [3.8, 4) is 0 Å². The highest BCUT2D eigenvalue weighted by Gasteiger charge is 2.33. The standard InChI is InChI=1S/C19H23N5O3S2/c1-12-8-13(2)17-16(9-12)21-19(28-17)22-18(25)14-4-6-24(7-5-14)29(26,27)15-10-20-23(3)11-15/h8-11,14H,4-7H2,1-3H3,(H,21,22,25). The van der Waals surface area contributed by atoms with E-state index in [4.69, 9.17) is 0 Å². The number of hydrogen-bond acceptors (Lipinski definition) is 6. The number of nitrogens with zero attached hydrogens (tertiary/aromatic N) is 4. The van der Waals surface area contributed by atoms with Gasteiger partial charge in [0.25, 0.3) is 0 Å². The summed E-state index contributed by atoms with van der Waals surface area (Å²) in [6, 6.07) is 4.11. The second kappa shape index (κ2) is 7.51. The Balaban J connectivity index is 1.41. The summed E-state index contributed by atoms with van der Waals surface area (Å²) in [5.41, 5.74) is 3.17. The maximum Gasteiger partial charge on any atom is 0.246 e. The molecule has 1 aliphatic heterocycles. The zero-order valence-electron chi connectivity index (χ0n) is 16.5. The lowest BCUT2D eigenvalue weighted by atomic mass is 9.97. The predicted molar refractivity (Wildman–Crippen MR) is 112 cm³/mol. The van der Waals surface area contributed by atoms with Crippen LogP contribution in [0.15, 0.2) is 29.4 Å². The maximum atomic E-state index is 12.7. The summed E-state index contributed by atoms with van der Waals surface area (Å²) >= 11 is 1.47. The molecule has 0 spiro atoms. The topological polar surface area (TPSA) is 97.2 Å². The monoisotopic (exact) mass is 433 g/mol. The lowest BCUT2D eigenvalue weighted by molar-refractivity contribution is -0.120. The fourth-order valence-electron chi connectivity index (χ4n) is 3.68. The Morgan fingerprint density at radius 1 is 1.24 bits per heavy atom. The van der Waals surface area contributed by atoms with Crippen molar-refractivity contribution >= 4 is 42.6 Å². The van der Waals surface area contributed by atoms with E-state index < -0.39 is 10.0 Å². The van der Waals surface area contributed by atoms with E-state index in [0.29, 0.717) is 31.1 Å². The van der Waals surface area contributed by atoms with Crippen LogP contribution in [0.3, 0.4) is 0 Å². The molecule has 0 bridgehead atoms. The smallest absolute Gasteiger partial charge is 0.246 e. The molecule has 4 rings (SSSR count). The molecule has 8 nitrogen and oxygen atoms in total. The number of aryl methyl sites for hydroxylation is 3. The van der Waals surface area contributed by atoms with Gasteiger partial charge in [-0.2, -0.15) is 9.40 Å². The van der Waals surface area contributed by atoms with Gasteiger partial charge in [-0.05, 0) is 43.9 Å². The fourth-order valence-corrected chi connectivity index (χ4v) is 6.05. The van der Waals surface area contributed by atoms with Crippen molar-refractivity contribution < 1.29 is 13.2 Å². The van der Waals surface area contributed by atoms with Crippen molar-refractivity contribution in [3.05, 3.63) is 35.7 Å². The number of anilines is 1. The van der Waals surface area contributed by atoms with Crippen molar-refractivity contribution in [2.24, 2.45) is 13.0 Å². The number of nitrogens with one attached hydrogen (secondary N) is 1. The number of amides is 1. The Morgan fingerprint density at radius 3 is 2.62 bits per heavy atom. The van der Waals surface area contributed by atoms with E-state index in [-0.39, 0.29) is 16.7 Å². The molecule has 1 aromatic carbocycles. The van der Waals surface area contributed by atoms with E-state index in [1.165, 1.54) is 32.7 Å². The number of thiazole rings is 1. The first-order valence-corrected chi connectivity index (χ1v) is 11.7. The summed E-state index contributed by atoms with van der Waals surface area (Å²) in [5.74, 6) is -0.331. The molecule has 0 saturated carbocycles. The molecule has 1 amide bonds. The molecule has 0 atom stereocenters. The van der Waals surface area contributed by atoms with E-state index in [1.54, 1.807) is 7.05 Å². The number of aromatic nitrogens is 3. The molecule has 154 valence electrons. The van der Waals surface area contributed by atoms with Gasteiger partial charge in [0, 0.05) is 32.3 Å². The molecule has 0 aliphatic carbocycles. The number of sulfonamides is 1. The molecular formula is C19H23N5O3S2. The number of benzene rings is 1. The van der Waals surface area contributed by atoms with Crippen LogP contribution in [0.4, 0.5) is 5.13 Å². The fraction of sp³-hybridized carbons (Fsp3) is 0.421. The van der Waals surface area contributed by atoms with Crippen LogP contribution < -0.4 is 5.32 Å². The first kappa shape index (κ1) is 20.0. The molecule has 1 fully saturated rings. The van der Waals surface area contributed by atoms with E-state index in [0.717, 1.165) is 21.3 Å². The number of fused-ring (bicyclic) bond motifs is 1. The Morgan fingerprint density at radius 2 is 1.97 bits per heavy atom. The third-order valence-electron chi connectivity index (χ3n) is 5.19. The van der Waals surface area contributed by atoms with Crippen LogP contribution >= 0.6 is 11.3 Å². The highest BCUT2D eigenvalue weighted by molar-refractivity contribution is 7.89. The number of rotatable bonds is 4. The first-order chi connectivity index (χ1) is 13.7. The van der Waals surface area contributed by atoms with Crippen LogP contribution in [0.5, 0.6) is 0 Å². The quantitative estimate of drug-likeness (QED) is 0.682. The Hall–Kier alpha value is -2.30. The van der Waals surface area contributed by atoms with Gasteiger partial charge in [-0.3, -0.25) is 9.48 Å². The highest BCUT2D eigenvalue weighted by atomic mass is 32.2. The number of carbonyl (C=O) groups excluding carboxylic acids is 1. The first-order valence-electron chi connectivity index (χ1n) is 9.41. The molecule has 1 N–H and O–H groups in total. The van der Waals surface area contributed by atoms with E-state index in [9.17, 15) is 13.2 Å². The van der Waals surface area contributed by atoms with Crippen molar-refractivity contribution in [2.45, 2.75) is 31.6 Å². The molecule has 1 aliphatic rings. The maximum absolute atomic E-state index is 12.7. The summed E-state index contributed by atoms with van der Waals surface area (Å²) in [6.45, 7) is 4.69. The van der Waals surface area contributed by atoms with E-state index >= 15 is 0 Å². The van der Waals surface area contributed by atoms with Gasteiger partial charge in [0.05, 0.1) is 16.4 Å². The highest BCUT2D eigenvalue weighted by Crippen LogP contribution is 2.31. The Bertz CT molecular complexity index is 1170. The SMILES string of the molecule is Cc1cc(C)c2sc(NC(=O)C3CCN(S(=O)(=O)c4cnn(C)c4)CC3)nc2c1. The lowest BCUT2D eigenvalue weighted by Crippen LogP contribution is -2.41. The van der Waals surface area contributed by atoms with Crippen molar-refractivity contribution in [2.75, 3.05) is 18.4 Å². The number of carbonyl (C=O) groups is 1. The van der Waals surface area contributed by atoms with Crippen LogP contribution in [-0.2, 0) is 21.9 Å². The zero-order valence-corrected chi connectivity index (χ0v) is 18.2. The summed E-state index contributed by atoms with van der Waals surface area (Å²) < 4.78 is 29.3. The summed E-state index contributed by atoms with van der Waals surface area (Å²) in [4.78, 5) is 17.4. The van der Waals surface area contributed by atoms with Gasteiger partial charge in [-0.15, -0.1) is 0 Å². The molecule has 0 unspecified atom stereocenters. The molecule has 2 aromatic heterocycles. The van der Waals surface area contributed by atoms with Gasteiger partial charge in [-0.1, -0.05) is 17.4 Å². The largest absolute Gasteiger partial charge is 0.302 e. The van der Waals surface area contributed by atoms with Crippen LogP contribution in [0.2, 0.25) is 0 Å². The van der Waals surface area contributed by atoms with E-state index in [2.05, 4.69) is 21.5 Å². The van der Waals surface area contributed by atoms with Crippen LogP contribution in [0.25, 0.3) is 10.2 Å². The molecule has 1 saturated heterocycles. The van der Waals surface area contributed by atoms with Crippen LogP contribution in [0, 0.1) is 19.8 Å². The van der Waals surface area contributed by atoms with Crippen LogP contribution in [0.1, 0.15) is 24.0 Å². The number of hydrogen-bond donors (Lipinski definition) is 1. The molecule has 10 heteroatoms. The van der Waals surface area contributed by atoms with Crippen LogP contribution in [-0.4, -0.2) is 46.5 Å². The average molecular weight is 434 g/mol. The normalized spacial score (nSPS) is 16.4. The minimum Gasteiger partial charge on any atom is -0.302 e. The molecular weight excluding hydrogens is 410 g/mol. The Labute approximate surface area is 173 Å². The second-order valence-corrected chi connectivity index (χ2v) is 10.4. The molecule has 29 heavy (non-hydrogen) atoms. The van der Waals surface area contributed by atoms with Gasteiger partial charge in [0.2, 0.25) is 15.9 Å². The predicted octanol–water partition coefficient (Wildman–Crippen LogP) is 2.69. The summed E-state index contributed by atoms with van der Waals surface area (Å²) in [7, 11) is -1.89. The molecule has 3 heterocycles. The van der Waals surface area contributed by atoms with Crippen molar-refractivity contribution in [1.82, 2.24) is 19.1 Å². The Kier molecular flexibility index (Phi) is 5.18. The number of piperidine rings is 1. The van der Waals surface area contributed by atoms with E-state index in [1.807, 2.05) is 19.9 Å².